The fourth-order valence-corrected chi connectivity index (χ4v) is 3.84. The second-order valence-electron chi connectivity index (χ2n) is 5.24. The van der Waals surface area contributed by atoms with Crippen LogP contribution in [0.1, 0.15) is 20.3 Å². The third-order valence-electron chi connectivity index (χ3n) is 3.10. The SMILES string of the molecule is CC(C)CCS(=O)(=O)Nc1ccc(Br)c2ccccc12. The molecule has 0 aliphatic heterocycles. The first-order chi connectivity index (χ1) is 9.39. The molecule has 20 heavy (non-hydrogen) atoms. The molecule has 108 valence electrons. The van der Waals surface area contributed by atoms with E-state index in [9.17, 15) is 8.42 Å². The molecule has 0 spiro atoms. The third kappa shape index (κ3) is 3.73. The van der Waals surface area contributed by atoms with Crippen molar-refractivity contribution in [2.45, 2.75) is 20.3 Å². The Bertz CT molecular complexity index is 711. The highest BCUT2D eigenvalue weighted by atomic mass is 79.9. The average molecular weight is 356 g/mol. The smallest absolute Gasteiger partial charge is 0.232 e. The predicted octanol–water partition coefficient (Wildman–Crippen LogP) is 4.39. The van der Waals surface area contributed by atoms with Crippen molar-refractivity contribution in [3.8, 4) is 0 Å². The van der Waals surface area contributed by atoms with Crippen molar-refractivity contribution in [3.63, 3.8) is 0 Å². The lowest BCUT2D eigenvalue weighted by molar-refractivity contribution is 0.578. The Morgan fingerprint density at radius 3 is 2.40 bits per heavy atom. The van der Waals surface area contributed by atoms with Gasteiger partial charge in [0.2, 0.25) is 10.0 Å². The van der Waals surface area contributed by atoms with Crippen LogP contribution in [0.2, 0.25) is 0 Å². The number of hydrogen-bond donors (Lipinski definition) is 1. The van der Waals surface area contributed by atoms with Gasteiger partial charge in [0.05, 0.1) is 11.4 Å². The van der Waals surface area contributed by atoms with Gasteiger partial charge in [-0.25, -0.2) is 8.42 Å². The summed E-state index contributed by atoms with van der Waals surface area (Å²) in [5, 5.41) is 1.89. The molecular weight excluding hydrogens is 338 g/mol. The zero-order valence-corrected chi connectivity index (χ0v) is 14.0. The van der Waals surface area contributed by atoms with Crippen LogP contribution < -0.4 is 4.72 Å². The minimum Gasteiger partial charge on any atom is -0.283 e. The molecule has 0 aliphatic rings. The fourth-order valence-electron chi connectivity index (χ4n) is 1.96. The molecule has 0 radical (unpaired) electrons. The second-order valence-corrected chi connectivity index (χ2v) is 7.94. The number of halogens is 1. The monoisotopic (exact) mass is 355 g/mol. The van der Waals surface area contributed by atoms with Crippen molar-refractivity contribution >= 4 is 42.4 Å². The van der Waals surface area contributed by atoms with E-state index in [4.69, 9.17) is 0 Å². The van der Waals surface area contributed by atoms with E-state index < -0.39 is 10.0 Å². The summed E-state index contributed by atoms with van der Waals surface area (Å²) in [6.45, 7) is 4.04. The number of nitrogens with one attached hydrogen (secondary N) is 1. The summed E-state index contributed by atoms with van der Waals surface area (Å²) in [5.74, 6) is 0.517. The highest BCUT2D eigenvalue weighted by Crippen LogP contribution is 2.30. The van der Waals surface area contributed by atoms with E-state index in [1.165, 1.54) is 0 Å². The lowest BCUT2D eigenvalue weighted by atomic mass is 10.1. The molecule has 0 aliphatic carbocycles. The largest absolute Gasteiger partial charge is 0.283 e. The number of hydrogen-bond acceptors (Lipinski definition) is 2. The number of fused-ring (bicyclic) bond motifs is 1. The highest BCUT2D eigenvalue weighted by molar-refractivity contribution is 9.10. The van der Waals surface area contributed by atoms with Gasteiger partial charge in [-0.3, -0.25) is 4.72 Å². The van der Waals surface area contributed by atoms with Crippen LogP contribution in [0.5, 0.6) is 0 Å². The Balaban J connectivity index is 2.33. The standard InChI is InChI=1S/C15H18BrNO2S/c1-11(2)9-10-20(18,19)17-15-8-7-14(16)12-5-3-4-6-13(12)15/h3-8,11,17H,9-10H2,1-2H3. The molecule has 2 aromatic rings. The molecule has 1 N–H and O–H groups in total. The van der Waals surface area contributed by atoms with E-state index >= 15 is 0 Å². The summed E-state index contributed by atoms with van der Waals surface area (Å²) < 4.78 is 27.9. The molecule has 3 nitrogen and oxygen atoms in total. The minimum atomic E-state index is -3.30. The van der Waals surface area contributed by atoms with E-state index in [1.807, 2.05) is 44.2 Å². The van der Waals surface area contributed by atoms with Crippen molar-refractivity contribution in [1.82, 2.24) is 0 Å². The first kappa shape index (κ1) is 15.3. The van der Waals surface area contributed by atoms with Gasteiger partial charge in [-0.05, 0) is 29.9 Å². The number of sulfonamides is 1. The van der Waals surface area contributed by atoms with Gasteiger partial charge in [0.1, 0.15) is 0 Å². The first-order valence-corrected chi connectivity index (χ1v) is 9.01. The quantitative estimate of drug-likeness (QED) is 0.864. The fraction of sp³-hybridized carbons (Fsp3) is 0.333. The highest BCUT2D eigenvalue weighted by Gasteiger charge is 2.13. The van der Waals surface area contributed by atoms with Crippen LogP contribution >= 0.6 is 15.9 Å². The molecule has 0 amide bonds. The van der Waals surface area contributed by atoms with Gasteiger partial charge in [-0.1, -0.05) is 54.0 Å². The summed E-state index contributed by atoms with van der Waals surface area (Å²) in [7, 11) is -3.30. The van der Waals surface area contributed by atoms with Crippen molar-refractivity contribution in [2.24, 2.45) is 5.92 Å². The maximum Gasteiger partial charge on any atom is 0.232 e. The zero-order valence-electron chi connectivity index (χ0n) is 11.6. The summed E-state index contributed by atoms with van der Waals surface area (Å²) in [6, 6.07) is 11.4. The molecule has 0 saturated carbocycles. The van der Waals surface area contributed by atoms with E-state index in [0.717, 1.165) is 15.2 Å². The lowest BCUT2D eigenvalue weighted by Crippen LogP contribution is -2.18. The minimum absolute atomic E-state index is 0.148. The molecular formula is C15H18BrNO2S. The molecule has 2 rings (SSSR count). The van der Waals surface area contributed by atoms with Crippen molar-refractivity contribution < 1.29 is 8.42 Å². The van der Waals surface area contributed by atoms with Gasteiger partial charge in [0.25, 0.3) is 0 Å². The Morgan fingerprint density at radius 1 is 1.10 bits per heavy atom. The molecule has 0 heterocycles. The summed E-state index contributed by atoms with van der Waals surface area (Å²) >= 11 is 3.48. The topological polar surface area (TPSA) is 46.2 Å². The second kappa shape index (κ2) is 6.14. The number of benzene rings is 2. The van der Waals surface area contributed by atoms with Crippen LogP contribution in [0.3, 0.4) is 0 Å². The molecule has 0 atom stereocenters. The van der Waals surface area contributed by atoms with E-state index in [0.29, 0.717) is 18.0 Å². The summed E-state index contributed by atoms with van der Waals surface area (Å²) in [5.41, 5.74) is 0.632. The maximum atomic E-state index is 12.1. The molecule has 0 aromatic heterocycles. The molecule has 0 fully saturated rings. The van der Waals surface area contributed by atoms with Crippen molar-refractivity contribution in [2.75, 3.05) is 10.5 Å². The third-order valence-corrected chi connectivity index (χ3v) is 5.10. The Labute approximate surface area is 128 Å². The van der Waals surface area contributed by atoms with Gasteiger partial charge in [-0.15, -0.1) is 0 Å². The van der Waals surface area contributed by atoms with Crippen LogP contribution in [0.25, 0.3) is 10.8 Å². The zero-order chi connectivity index (χ0) is 14.8. The van der Waals surface area contributed by atoms with Crippen LogP contribution in [-0.4, -0.2) is 14.2 Å². The summed E-state index contributed by atoms with van der Waals surface area (Å²) in [6.07, 6.45) is 0.657. The van der Waals surface area contributed by atoms with Crippen molar-refractivity contribution in [1.29, 1.82) is 0 Å². The first-order valence-electron chi connectivity index (χ1n) is 6.57. The van der Waals surface area contributed by atoms with Gasteiger partial charge in [-0.2, -0.15) is 0 Å². The van der Waals surface area contributed by atoms with Crippen LogP contribution in [0.4, 0.5) is 5.69 Å². The van der Waals surface area contributed by atoms with E-state index in [-0.39, 0.29) is 5.75 Å². The van der Waals surface area contributed by atoms with Crippen LogP contribution in [0.15, 0.2) is 40.9 Å². The Morgan fingerprint density at radius 2 is 1.75 bits per heavy atom. The van der Waals surface area contributed by atoms with Gasteiger partial charge < -0.3 is 0 Å². The Hall–Kier alpha value is -1.07. The molecule has 0 bridgehead atoms. The van der Waals surface area contributed by atoms with Gasteiger partial charge >= 0.3 is 0 Å². The molecule has 0 unspecified atom stereocenters. The number of anilines is 1. The van der Waals surface area contributed by atoms with Crippen molar-refractivity contribution in [3.05, 3.63) is 40.9 Å². The van der Waals surface area contributed by atoms with E-state index in [1.54, 1.807) is 6.07 Å². The molecule has 2 aromatic carbocycles. The normalized spacial score (nSPS) is 12.0. The Kier molecular flexibility index (Phi) is 4.70. The van der Waals surface area contributed by atoms with Gasteiger partial charge in [0, 0.05) is 9.86 Å². The van der Waals surface area contributed by atoms with Gasteiger partial charge in [0.15, 0.2) is 0 Å². The number of rotatable bonds is 5. The van der Waals surface area contributed by atoms with E-state index in [2.05, 4.69) is 20.7 Å². The lowest BCUT2D eigenvalue weighted by Gasteiger charge is -2.12. The predicted molar refractivity (Wildman–Crippen MR) is 88.5 cm³/mol. The van der Waals surface area contributed by atoms with Crippen LogP contribution in [0, 0.1) is 5.92 Å². The summed E-state index contributed by atoms with van der Waals surface area (Å²) in [4.78, 5) is 0. The molecule has 0 saturated heterocycles. The molecule has 5 heteroatoms. The maximum absolute atomic E-state index is 12.1. The average Bonchev–Trinajstić information content (AvgIpc) is 2.40. The van der Waals surface area contributed by atoms with Crippen LogP contribution in [-0.2, 0) is 10.0 Å².